The summed E-state index contributed by atoms with van der Waals surface area (Å²) in [5.41, 5.74) is 5.15. The average Bonchev–Trinajstić information content (AvgIpc) is 2.42. The topological polar surface area (TPSA) is 98.9 Å². The maximum Gasteiger partial charge on any atom is 0.312 e. The second kappa shape index (κ2) is 8.84. The Morgan fingerprint density at radius 1 is 1.29 bits per heavy atom. The van der Waals surface area contributed by atoms with Crippen LogP contribution in [-0.4, -0.2) is 71.7 Å². The highest BCUT2D eigenvalue weighted by atomic mass is 16.3. The van der Waals surface area contributed by atoms with E-state index in [4.69, 9.17) is 5.73 Å². The molecule has 0 aromatic heterocycles. The third-order valence-electron chi connectivity index (χ3n) is 3.67. The standard InChI is InChI=1S/C14H28N4O3/c1-3-4-5-12(16-14(15)21)13(20)18-8-6-17(7-9-18)10-11(2)19/h11-12,19H,3-10H2,1-2H3,(H3,15,16,21)/t11-,12+/m0/s1. The van der Waals surface area contributed by atoms with Crippen molar-refractivity contribution >= 4 is 11.9 Å². The summed E-state index contributed by atoms with van der Waals surface area (Å²) in [5.74, 6) is -0.0565. The van der Waals surface area contributed by atoms with Gasteiger partial charge in [-0.1, -0.05) is 19.8 Å². The number of aliphatic hydroxyl groups excluding tert-OH is 1. The molecule has 0 saturated carbocycles. The summed E-state index contributed by atoms with van der Waals surface area (Å²) < 4.78 is 0. The molecule has 0 aromatic rings. The predicted molar refractivity (Wildman–Crippen MR) is 80.7 cm³/mol. The highest BCUT2D eigenvalue weighted by Crippen LogP contribution is 2.09. The zero-order valence-corrected chi connectivity index (χ0v) is 13.0. The SMILES string of the molecule is CCCC[C@@H](NC(N)=O)C(=O)N1CCN(C[C@H](C)O)CC1. The molecule has 1 heterocycles. The molecule has 1 rings (SSSR count). The number of rotatable bonds is 7. The van der Waals surface area contributed by atoms with Crippen molar-refractivity contribution < 1.29 is 14.7 Å². The van der Waals surface area contributed by atoms with Crippen LogP contribution in [0.25, 0.3) is 0 Å². The summed E-state index contributed by atoms with van der Waals surface area (Å²) in [5, 5.41) is 11.9. The second-order valence-electron chi connectivity index (χ2n) is 5.68. The Hall–Kier alpha value is -1.34. The van der Waals surface area contributed by atoms with Crippen LogP contribution in [-0.2, 0) is 4.79 Å². The quantitative estimate of drug-likeness (QED) is 0.603. The number of carbonyl (C=O) groups excluding carboxylic acids is 2. The van der Waals surface area contributed by atoms with Crippen molar-refractivity contribution in [2.24, 2.45) is 5.73 Å². The van der Waals surface area contributed by atoms with E-state index in [-0.39, 0.29) is 12.0 Å². The first-order chi connectivity index (χ1) is 9.93. The lowest BCUT2D eigenvalue weighted by molar-refractivity contribution is -0.135. The van der Waals surface area contributed by atoms with Crippen molar-refractivity contribution in [2.75, 3.05) is 32.7 Å². The molecule has 0 aromatic carbocycles. The van der Waals surface area contributed by atoms with Crippen LogP contribution in [0.4, 0.5) is 4.79 Å². The normalized spacial score (nSPS) is 19.1. The van der Waals surface area contributed by atoms with E-state index in [1.165, 1.54) is 0 Å². The predicted octanol–water partition coefficient (Wildman–Crippen LogP) is -0.261. The molecule has 0 spiro atoms. The fraction of sp³-hybridized carbons (Fsp3) is 0.857. The summed E-state index contributed by atoms with van der Waals surface area (Å²) in [4.78, 5) is 27.4. The van der Waals surface area contributed by atoms with Gasteiger partial charge in [0.15, 0.2) is 0 Å². The van der Waals surface area contributed by atoms with Crippen molar-refractivity contribution in [1.29, 1.82) is 0 Å². The van der Waals surface area contributed by atoms with Crippen LogP contribution in [0.5, 0.6) is 0 Å². The number of hydrogen-bond acceptors (Lipinski definition) is 4. The van der Waals surface area contributed by atoms with Gasteiger partial charge in [0, 0.05) is 32.7 Å². The van der Waals surface area contributed by atoms with E-state index in [9.17, 15) is 14.7 Å². The summed E-state index contributed by atoms with van der Waals surface area (Å²) in [7, 11) is 0. The second-order valence-corrected chi connectivity index (χ2v) is 5.68. The van der Waals surface area contributed by atoms with Crippen molar-refractivity contribution in [1.82, 2.24) is 15.1 Å². The van der Waals surface area contributed by atoms with Gasteiger partial charge in [0.1, 0.15) is 6.04 Å². The van der Waals surface area contributed by atoms with Crippen LogP contribution in [0.15, 0.2) is 0 Å². The van der Waals surface area contributed by atoms with Crippen LogP contribution in [0.1, 0.15) is 33.1 Å². The highest BCUT2D eigenvalue weighted by molar-refractivity contribution is 5.86. The molecular formula is C14H28N4O3. The van der Waals surface area contributed by atoms with Crippen LogP contribution in [0, 0.1) is 0 Å². The molecule has 1 fully saturated rings. The van der Waals surface area contributed by atoms with E-state index in [2.05, 4.69) is 10.2 Å². The monoisotopic (exact) mass is 300 g/mol. The van der Waals surface area contributed by atoms with Gasteiger partial charge in [-0.15, -0.1) is 0 Å². The fourth-order valence-corrected chi connectivity index (χ4v) is 2.58. The highest BCUT2D eigenvalue weighted by Gasteiger charge is 2.28. The molecule has 7 heteroatoms. The molecular weight excluding hydrogens is 272 g/mol. The van der Waals surface area contributed by atoms with Crippen molar-refractivity contribution in [3.05, 3.63) is 0 Å². The van der Waals surface area contributed by atoms with Crippen molar-refractivity contribution in [2.45, 2.75) is 45.3 Å². The minimum Gasteiger partial charge on any atom is -0.392 e. The molecule has 0 unspecified atom stereocenters. The van der Waals surface area contributed by atoms with Gasteiger partial charge >= 0.3 is 6.03 Å². The number of primary amides is 1. The fourth-order valence-electron chi connectivity index (χ4n) is 2.58. The first-order valence-electron chi connectivity index (χ1n) is 7.69. The van der Waals surface area contributed by atoms with Gasteiger partial charge < -0.3 is 21.1 Å². The largest absolute Gasteiger partial charge is 0.392 e. The third kappa shape index (κ3) is 6.31. The molecule has 1 saturated heterocycles. The number of aliphatic hydroxyl groups is 1. The number of amides is 3. The number of nitrogens with two attached hydrogens (primary N) is 1. The molecule has 1 aliphatic heterocycles. The van der Waals surface area contributed by atoms with Crippen LogP contribution < -0.4 is 11.1 Å². The van der Waals surface area contributed by atoms with Crippen molar-refractivity contribution in [3.8, 4) is 0 Å². The van der Waals surface area contributed by atoms with E-state index in [0.717, 1.165) is 25.9 Å². The zero-order valence-electron chi connectivity index (χ0n) is 13.0. The number of nitrogens with zero attached hydrogens (tertiary/aromatic N) is 2. The van der Waals surface area contributed by atoms with E-state index in [1.54, 1.807) is 11.8 Å². The maximum absolute atomic E-state index is 12.5. The summed E-state index contributed by atoms with van der Waals surface area (Å²) in [6.07, 6.45) is 2.10. The van der Waals surface area contributed by atoms with Gasteiger partial charge in [-0.25, -0.2) is 4.79 Å². The van der Waals surface area contributed by atoms with Crippen molar-refractivity contribution in [3.63, 3.8) is 0 Å². The Balaban J connectivity index is 2.50. The summed E-state index contributed by atoms with van der Waals surface area (Å²) >= 11 is 0. The van der Waals surface area contributed by atoms with Gasteiger partial charge in [0.05, 0.1) is 6.10 Å². The average molecular weight is 300 g/mol. The Labute approximate surface area is 126 Å². The number of nitrogens with one attached hydrogen (secondary N) is 1. The Morgan fingerprint density at radius 2 is 1.90 bits per heavy atom. The van der Waals surface area contributed by atoms with E-state index in [0.29, 0.717) is 26.1 Å². The first kappa shape index (κ1) is 17.7. The number of piperazine rings is 1. The minimum atomic E-state index is -0.655. The smallest absolute Gasteiger partial charge is 0.312 e. The number of hydrogen-bond donors (Lipinski definition) is 3. The third-order valence-corrected chi connectivity index (χ3v) is 3.67. The van der Waals surface area contributed by atoms with Crippen LogP contribution in [0.2, 0.25) is 0 Å². The van der Waals surface area contributed by atoms with E-state index >= 15 is 0 Å². The number of β-amino-alcohol motifs (C(OH)–C–C–N with tert-alkyl or cyclic N) is 1. The lowest BCUT2D eigenvalue weighted by Crippen LogP contribution is -2.56. The van der Waals surface area contributed by atoms with Gasteiger partial charge in [-0.3, -0.25) is 9.69 Å². The molecule has 0 radical (unpaired) electrons. The lowest BCUT2D eigenvalue weighted by atomic mass is 10.1. The van der Waals surface area contributed by atoms with Gasteiger partial charge in [-0.2, -0.15) is 0 Å². The molecule has 0 bridgehead atoms. The zero-order chi connectivity index (χ0) is 15.8. The number of urea groups is 1. The van der Waals surface area contributed by atoms with Gasteiger partial charge in [0.2, 0.25) is 5.91 Å². The van der Waals surface area contributed by atoms with Crippen LogP contribution in [0.3, 0.4) is 0 Å². The van der Waals surface area contributed by atoms with Crippen LogP contribution >= 0.6 is 0 Å². The Morgan fingerprint density at radius 3 is 2.38 bits per heavy atom. The first-order valence-corrected chi connectivity index (χ1v) is 7.69. The van der Waals surface area contributed by atoms with E-state index < -0.39 is 12.1 Å². The Kier molecular flexibility index (Phi) is 7.45. The summed E-state index contributed by atoms with van der Waals surface area (Å²) in [6.45, 7) is 7.15. The molecule has 21 heavy (non-hydrogen) atoms. The van der Waals surface area contributed by atoms with E-state index in [1.807, 2.05) is 6.92 Å². The number of carbonyl (C=O) groups is 2. The molecule has 7 nitrogen and oxygen atoms in total. The Bertz CT molecular complexity index is 341. The molecule has 2 atom stereocenters. The molecule has 1 aliphatic rings. The maximum atomic E-state index is 12.5. The summed E-state index contributed by atoms with van der Waals surface area (Å²) in [6, 6.07) is -1.18. The van der Waals surface area contributed by atoms with Gasteiger partial charge in [0.25, 0.3) is 0 Å². The molecule has 0 aliphatic carbocycles. The van der Waals surface area contributed by atoms with Gasteiger partial charge in [-0.05, 0) is 13.3 Å². The molecule has 3 amide bonds. The minimum absolute atomic E-state index is 0.0565. The molecule has 4 N–H and O–H groups in total. The lowest BCUT2D eigenvalue weighted by Gasteiger charge is -2.36. The molecule has 122 valence electrons. The number of unbranched alkanes of at least 4 members (excludes halogenated alkanes) is 1.